The number of hydrogen-bond acceptors (Lipinski definition) is 6. The highest BCUT2D eigenvalue weighted by Crippen LogP contribution is 2.44. The summed E-state index contributed by atoms with van der Waals surface area (Å²) in [5, 5.41) is 13.9. The second kappa shape index (κ2) is 7.49. The van der Waals surface area contributed by atoms with Crippen LogP contribution in [0.5, 0.6) is 5.75 Å². The Balaban J connectivity index is 2.13. The molecule has 0 radical (unpaired) electrons. The molecule has 0 atom stereocenters. The molecule has 0 unspecified atom stereocenters. The van der Waals surface area contributed by atoms with Crippen LogP contribution in [0.25, 0.3) is 5.70 Å². The number of ether oxygens (including phenoxy) is 2. The van der Waals surface area contributed by atoms with Crippen LogP contribution in [0, 0.1) is 10.1 Å². The number of carbonyl (C=O) groups is 2. The normalized spacial score (nSPS) is 17.8. The van der Waals surface area contributed by atoms with Crippen molar-refractivity contribution in [3.63, 3.8) is 0 Å². The molecule has 1 fully saturated rings. The summed E-state index contributed by atoms with van der Waals surface area (Å²) in [6.07, 6.45) is 0.530. The summed E-state index contributed by atoms with van der Waals surface area (Å²) in [6, 6.07) is 4.33. The van der Waals surface area contributed by atoms with E-state index in [-0.39, 0.29) is 24.7 Å². The van der Waals surface area contributed by atoms with Crippen molar-refractivity contribution in [3.05, 3.63) is 39.4 Å². The lowest BCUT2D eigenvalue weighted by Crippen LogP contribution is -2.43. The van der Waals surface area contributed by atoms with E-state index in [0.29, 0.717) is 42.0 Å². The van der Waals surface area contributed by atoms with Gasteiger partial charge in [0.15, 0.2) is 0 Å². The molecule has 0 saturated carbocycles. The summed E-state index contributed by atoms with van der Waals surface area (Å²) in [4.78, 5) is 36.7. The predicted octanol–water partition coefficient (Wildman–Crippen LogP) is 2.85. The van der Waals surface area contributed by atoms with Crippen LogP contribution >= 0.6 is 0 Å². The fourth-order valence-electron chi connectivity index (χ4n) is 3.52. The third kappa shape index (κ3) is 3.64. The van der Waals surface area contributed by atoms with Crippen LogP contribution in [-0.4, -0.2) is 47.1 Å². The smallest absolute Gasteiger partial charge is 0.407 e. The fourth-order valence-corrected chi connectivity index (χ4v) is 3.52. The second-order valence-electron chi connectivity index (χ2n) is 7.10. The number of carbonyl (C=O) groups excluding carboxylic acids is 2. The van der Waals surface area contributed by atoms with E-state index in [2.05, 4.69) is 5.32 Å². The Hall–Kier alpha value is -3.10. The average molecular weight is 389 g/mol. The second-order valence-corrected chi connectivity index (χ2v) is 7.10. The average Bonchev–Trinajstić information content (AvgIpc) is 3.04. The largest absolute Gasteiger partial charge is 0.483 e. The van der Waals surface area contributed by atoms with Gasteiger partial charge in [0.1, 0.15) is 11.4 Å². The first kappa shape index (κ1) is 19.7. The van der Waals surface area contributed by atoms with Gasteiger partial charge in [-0.05, 0) is 33.3 Å². The van der Waals surface area contributed by atoms with Gasteiger partial charge in [0.05, 0.1) is 17.2 Å². The minimum atomic E-state index is -0.833. The number of benzene rings is 1. The van der Waals surface area contributed by atoms with Crippen LogP contribution in [-0.2, 0) is 9.53 Å². The summed E-state index contributed by atoms with van der Waals surface area (Å²) in [6.45, 7) is 6.20. The van der Waals surface area contributed by atoms with E-state index in [1.807, 2.05) is 13.8 Å². The lowest BCUT2D eigenvalue weighted by atomic mass is 9.88. The summed E-state index contributed by atoms with van der Waals surface area (Å²) in [5.41, 5.74) is 0.771. The summed E-state index contributed by atoms with van der Waals surface area (Å²) in [5.74, 6) is 0.406. The Labute approximate surface area is 162 Å². The first-order valence-corrected chi connectivity index (χ1v) is 9.17. The van der Waals surface area contributed by atoms with Gasteiger partial charge in [-0.15, -0.1) is 0 Å². The maximum absolute atomic E-state index is 12.5. The van der Waals surface area contributed by atoms with Crippen LogP contribution in [0.4, 0.5) is 10.5 Å². The lowest BCUT2D eigenvalue weighted by molar-refractivity contribution is -0.384. The van der Waals surface area contributed by atoms with Crippen LogP contribution in [0.2, 0.25) is 0 Å². The van der Waals surface area contributed by atoms with E-state index in [4.69, 9.17) is 9.47 Å². The molecule has 1 aromatic rings. The molecular formula is C19H23N3O6. The standard InChI is InChI=1S/C19H23N3O6/c1-4-27-18(24)20-11-14-17(21-9-5-6-16(21)23)13-10-12(22(25)26)7-8-15(13)28-19(14,2)3/h7-8,10H,4-6,9,11H2,1-3H3,(H,20,24). The number of fused-ring (bicyclic) bond motifs is 1. The van der Waals surface area contributed by atoms with Crippen molar-refractivity contribution in [1.82, 2.24) is 10.2 Å². The number of likely N-dealkylation sites (tertiary alicyclic amines) is 1. The number of alkyl carbamates (subject to hydrolysis) is 1. The molecule has 0 spiro atoms. The lowest BCUT2D eigenvalue weighted by Gasteiger charge is -2.39. The molecule has 1 aromatic carbocycles. The number of hydrogen-bond donors (Lipinski definition) is 1. The van der Waals surface area contributed by atoms with E-state index in [9.17, 15) is 19.7 Å². The monoisotopic (exact) mass is 389 g/mol. The van der Waals surface area contributed by atoms with E-state index in [1.165, 1.54) is 12.1 Å². The molecule has 2 aliphatic rings. The zero-order valence-electron chi connectivity index (χ0n) is 16.1. The van der Waals surface area contributed by atoms with Crippen LogP contribution in [0.15, 0.2) is 23.8 Å². The van der Waals surface area contributed by atoms with Gasteiger partial charge < -0.3 is 19.7 Å². The molecule has 28 heavy (non-hydrogen) atoms. The van der Waals surface area contributed by atoms with Crippen molar-refractivity contribution in [2.24, 2.45) is 0 Å². The van der Waals surface area contributed by atoms with Crippen molar-refractivity contribution in [2.45, 2.75) is 39.2 Å². The van der Waals surface area contributed by atoms with Crippen molar-refractivity contribution in [1.29, 1.82) is 0 Å². The number of nitrogens with one attached hydrogen (secondary N) is 1. The van der Waals surface area contributed by atoms with Crippen molar-refractivity contribution < 1.29 is 24.0 Å². The van der Waals surface area contributed by atoms with Gasteiger partial charge in [-0.1, -0.05) is 0 Å². The van der Waals surface area contributed by atoms with Crippen LogP contribution < -0.4 is 10.1 Å². The summed E-state index contributed by atoms with van der Waals surface area (Å²) in [7, 11) is 0. The molecule has 0 bridgehead atoms. The highest BCUT2D eigenvalue weighted by atomic mass is 16.6. The van der Waals surface area contributed by atoms with E-state index in [1.54, 1.807) is 17.9 Å². The maximum Gasteiger partial charge on any atom is 0.407 e. The van der Waals surface area contributed by atoms with E-state index < -0.39 is 16.6 Å². The number of non-ortho nitro benzene ring substituents is 1. The van der Waals surface area contributed by atoms with Gasteiger partial charge in [0, 0.05) is 42.8 Å². The van der Waals surface area contributed by atoms with Gasteiger partial charge in [-0.25, -0.2) is 4.79 Å². The van der Waals surface area contributed by atoms with Crippen molar-refractivity contribution in [3.8, 4) is 5.75 Å². The fraction of sp³-hybridized carbons (Fsp3) is 0.474. The van der Waals surface area contributed by atoms with E-state index >= 15 is 0 Å². The molecule has 2 heterocycles. The van der Waals surface area contributed by atoms with Gasteiger partial charge in [-0.3, -0.25) is 14.9 Å². The highest BCUT2D eigenvalue weighted by Gasteiger charge is 2.40. The Morgan fingerprint density at radius 1 is 1.43 bits per heavy atom. The molecule has 0 aromatic heterocycles. The summed E-state index contributed by atoms with van der Waals surface area (Å²) < 4.78 is 11.0. The zero-order valence-corrected chi connectivity index (χ0v) is 16.1. The molecular weight excluding hydrogens is 366 g/mol. The number of amides is 2. The minimum Gasteiger partial charge on any atom is -0.483 e. The number of nitro groups is 1. The first-order valence-electron chi connectivity index (χ1n) is 9.17. The third-order valence-corrected chi connectivity index (χ3v) is 4.84. The Morgan fingerprint density at radius 3 is 2.79 bits per heavy atom. The number of nitrogens with zero attached hydrogens (tertiary/aromatic N) is 2. The third-order valence-electron chi connectivity index (χ3n) is 4.84. The predicted molar refractivity (Wildman–Crippen MR) is 101 cm³/mol. The maximum atomic E-state index is 12.5. The van der Waals surface area contributed by atoms with Crippen molar-refractivity contribution >= 4 is 23.4 Å². The minimum absolute atomic E-state index is 0.0567. The van der Waals surface area contributed by atoms with Gasteiger partial charge in [0.2, 0.25) is 5.91 Å². The molecule has 3 rings (SSSR count). The molecule has 1 saturated heterocycles. The Kier molecular flexibility index (Phi) is 5.26. The Morgan fingerprint density at radius 2 is 2.18 bits per heavy atom. The SMILES string of the molecule is CCOC(=O)NCC1=C(N2CCCC2=O)c2cc([N+](=O)[O-])ccc2OC1(C)C. The number of nitro benzene ring substituents is 1. The van der Waals surface area contributed by atoms with Gasteiger partial charge in [0.25, 0.3) is 5.69 Å². The molecule has 9 heteroatoms. The first-order chi connectivity index (χ1) is 13.2. The summed E-state index contributed by atoms with van der Waals surface area (Å²) >= 11 is 0. The molecule has 2 aliphatic heterocycles. The highest BCUT2D eigenvalue weighted by molar-refractivity contribution is 5.92. The van der Waals surface area contributed by atoms with Crippen molar-refractivity contribution in [2.75, 3.05) is 19.7 Å². The molecule has 2 amide bonds. The molecule has 0 aliphatic carbocycles. The Bertz CT molecular complexity index is 861. The van der Waals surface area contributed by atoms with Crippen LogP contribution in [0.3, 0.4) is 0 Å². The molecule has 1 N–H and O–H groups in total. The quantitative estimate of drug-likeness (QED) is 0.612. The molecule has 150 valence electrons. The number of rotatable bonds is 5. The van der Waals surface area contributed by atoms with Gasteiger partial charge in [-0.2, -0.15) is 0 Å². The van der Waals surface area contributed by atoms with Crippen LogP contribution in [0.1, 0.15) is 39.2 Å². The molecule has 9 nitrogen and oxygen atoms in total. The zero-order chi connectivity index (χ0) is 20.5. The van der Waals surface area contributed by atoms with Gasteiger partial charge >= 0.3 is 6.09 Å². The topological polar surface area (TPSA) is 111 Å². The van der Waals surface area contributed by atoms with E-state index in [0.717, 1.165) is 0 Å².